The van der Waals surface area contributed by atoms with E-state index in [0.29, 0.717) is 23.2 Å². The highest BCUT2D eigenvalue weighted by molar-refractivity contribution is 6.35. The maximum absolute atomic E-state index is 12.4. The predicted octanol–water partition coefficient (Wildman–Crippen LogP) is 3.29. The van der Waals surface area contributed by atoms with E-state index in [2.05, 4.69) is 10.3 Å². The van der Waals surface area contributed by atoms with E-state index in [1.807, 2.05) is 25.1 Å². The van der Waals surface area contributed by atoms with Gasteiger partial charge in [-0.25, -0.2) is 0 Å². The van der Waals surface area contributed by atoms with E-state index >= 15 is 0 Å². The Hall–Kier alpha value is -1.52. The van der Waals surface area contributed by atoms with Gasteiger partial charge >= 0.3 is 0 Å². The van der Waals surface area contributed by atoms with Crippen molar-refractivity contribution >= 4 is 28.4 Å². The summed E-state index contributed by atoms with van der Waals surface area (Å²) >= 11 is 6.17. The smallest absolute Gasteiger partial charge is 0.268 e. The van der Waals surface area contributed by atoms with Gasteiger partial charge in [0.1, 0.15) is 5.69 Å². The van der Waals surface area contributed by atoms with Gasteiger partial charge in [0.05, 0.1) is 17.1 Å². The number of aromatic nitrogens is 1. The zero-order valence-electron chi connectivity index (χ0n) is 12.0. The molecule has 0 spiro atoms. The zero-order chi connectivity index (χ0) is 14.8. The van der Waals surface area contributed by atoms with Crippen molar-refractivity contribution in [3.63, 3.8) is 0 Å². The van der Waals surface area contributed by atoms with Crippen molar-refractivity contribution in [1.29, 1.82) is 0 Å². The SMILES string of the molecule is Cc1c(C(=O)NC[C@@H]2CCCOC2)[nH]c2c(Cl)cccc12. The molecule has 112 valence electrons. The molecule has 2 N–H and O–H groups in total. The molecule has 21 heavy (non-hydrogen) atoms. The molecule has 1 aliphatic heterocycles. The van der Waals surface area contributed by atoms with Gasteiger partial charge < -0.3 is 15.0 Å². The van der Waals surface area contributed by atoms with E-state index in [1.54, 1.807) is 0 Å². The first-order valence-electron chi connectivity index (χ1n) is 7.29. The standard InChI is InChI=1S/C16H19ClN2O2/c1-10-12-5-2-6-13(17)15(12)19-14(10)16(20)18-8-11-4-3-7-21-9-11/h2,5-6,11,19H,3-4,7-9H2,1H3,(H,18,20)/t11-/m0/s1. The van der Waals surface area contributed by atoms with Gasteiger partial charge in [-0.05, 0) is 37.3 Å². The summed E-state index contributed by atoms with van der Waals surface area (Å²) in [5, 5.41) is 4.63. The third-order valence-electron chi connectivity index (χ3n) is 4.08. The first kappa shape index (κ1) is 14.4. The maximum atomic E-state index is 12.4. The van der Waals surface area contributed by atoms with E-state index in [1.165, 1.54) is 0 Å². The summed E-state index contributed by atoms with van der Waals surface area (Å²) < 4.78 is 5.43. The van der Waals surface area contributed by atoms with Crippen molar-refractivity contribution in [2.75, 3.05) is 19.8 Å². The summed E-state index contributed by atoms with van der Waals surface area (Å²) in [7, 11) is 0. The van der Waals surface area contributed by atoms with Crippen molar-refractivity contribution in [2.24, 2.45) is 5.92 Å². The van der Waals surface area contributed by atoms with E-state index in [9.17, 15) is 4.79 Å². The number of H-pyrrole nitrogens is 1. The number of amides is 1. The Bertz CT molecular complexity index is 660. The van der Waals surface area contributed by atoms with E-state index in [0.717, 1.165) is 42.5 Å². The zero-order valence-corrected chi connectivity index (χ0v) is 12.8. The minimum absolute atomic E-state index is 0.0784. The number of para-hydroxylation sites is 1. The highest BCUT2D eigenvalue weighted by Crippen LogP contribution is 2.27. The van der Waals surface area contributed by atoms with Crippen molar-refractivity contribution in [1.82, 2.24) is 10.3 Å². The number of carbonyl (C=O) groups is 1. The monoisotopic (exact) mass is 306 g/mol. The number of nitrogens with one attached hydrogen (secondary N) is 2. The summed E-state index contributed by atoms with van der Waals surface area (Å²) in [5.41, 5.74) is 2.35. The Balaban J connectivity index is 1.75. The minimum atomic E-state index is -0.0784. The molecule has 0 radical (unpaired) electrons. The largest absolute Gasteiger partial charge is 0.381 e. The van der Waals surface area contributed by atoms with Crippen LogP contribution in [0.4, 0.5) is 0 Å². The van der Waals surface area contributed by atoms with Crippen LogP contribution in [-0.4, -0.2) is 30.6 Å². The van der Waals surface area contributed by atoms with Gasteiger partial charge in [0.15, 0.2) is 0 Å². The molecule has 3 rings (SSSR count). The summed E-state index contributed by atoms with van der Waals surface area (Å²) in [6, 6.07) is 5.69. The lowest BCUT2D eigenvalue weighted by atomic mass is 10.0. The first-order valence-corrected chi connectivity index (χ1v) is 7.67. The maximum Gasteiger partial charge on any atom is 0.268 e. The molecule has 0 bridgehead atoms. The molecule has 1 saturated heterocycles. The van der Waals surface area contributed by atoms with Crippen LogP contribution >= 0.6 is 11.6 Å². The molecule has 1 aromatic heterocycles. The first-order chi connectivity index (χ1) is 10.2. The lowest BCUT2D eigenvalue weighted by Crippen LogP contribution is -2.33. The fraction of sp³-hybridized carbons (Fsp3) is 0.438. The quantitative estimate of drug-likeness (QED) is 0.914. The summed E-state index contributed by atoms with van der Waals surface area (Å²) in [6.45, 7) is 4.16. The molecule has 4 nitrogen and oxygen atoms in total. The molecule has 1 atom stereocenters. The van der Waals surface area contributed by atoms with Crippen LogP contribution in [0.3, 0.4) is 0 Å². The number of ether oxygens (including phenoxy) is 1. The van der Waals surface area contributed by atoms with Crippen LogP contribution in [0.1, 0.15) is 28.9 Å². The molecule has 0 aliphatic carbocycles. The second-order valence-corrected chi connectivity index (χ2v) is 5.99. The van der Waals surface area contributed by atoms with Gasteiger partial charge in [-0.3, -0.25) is 4.79 Å². The van der Waals surface area contributed by atoms with E-state index in [-0.39, 0.29) is 5.91 Å². The number of halogens is 1. The van der Waals surface area contributed by atoms with Crippen LogP contribution < -0.4 is 5.32 Å². The Morgan fingerprint density at radius 1 is 1.52 bits per heavy atom. The van der Waals surface area contributed by atoms with Crippen LogP contribution in [0.25, 0.3) is 10.9 Å². The Morgan fingerprint density at radius 2 is 2.38 bits per heavy atom. The molecular weight excluding hydrogens is 288 g/mol. The molecule has 1 aliphatic rings. The minimum Gasteiger partial charge on any atom is -0.381 e. The summed E-state index contributed by atoms with van der Waals surface area (Å²) in [6.07, 6.45) is 2.18. The van der Waals surface area contributed by atoms with Gasteiger partial charge in [-0.2, -0.15) is 0 Å². The highest BCUT2D eigenvalue weighted by Gasteiger charge is 2.18. The predicted molar refractivity (Wildman–Crippen MR) is 83.9 cm³/mol. The number of benzene rings is 1. The molecule has 5 heteroatoms. The lowest BCUT2D eigenvalue weighted by molar-refractivity contribution is 0.0536. The fourth-order valence-electron chi connectivity index (χ4n) is 2.84. The molecular formula is C16H19ClN2O2. The second-order valence-electron chi connectivity index (χ2n) is 5.58. The van der Waals surface area contributed by atoms with E-state index in [4.69, 9.17) is 16.3 Å². The normalized spacial score (nSPS) is 18.9. The van der Waals surface area contributed by atoms with Gasteiger partial charge in [0.2, 0.25) is 0 Å². The molecule has 1 aromatic carbocycles. The van der Waals surface area contributed by atoms with Gasteiger partial charge in [-0.15, -0.1) is 0 Å². The number of rotatable bonds is 3. The molecule has 0 unspecified atom stereocenters. The average Bonchev–Trinajstić information content (AvgIpc) is 2.85. The molecule has 2 aromatic rings. The average molecular weight is 307 g/mol. The molecule has 0 saturated carbocycles. The van der Waals surface area contributed by atoms with E-state index < -0.39 is 0 Å². The Morgan fingerprint density at radius 3 is 3.10 bits per heavy atom. The summed E-state index contributed by atoms with van der Waals surface area (Å²) in [5.74, 6) is 0.335. The fourth-order valence-corrected chi connectivity index (χ4v) is 3.06. The van der Waals surface area contributed by atoms with Gasteiger partial charge in [0.25, 0.3) is 5.91 Å². The summed E-state index contributed by atoms with van der Waals surface area (Å²) in [4.78, 5) is 15.5. The van der Waals surface area contributed by atoms with Crippen LogP contribution in [0.2, 0.25) is 5.02 Å². The number of aryl methyl sites for hydroxylation is 1. The van der Waals surface area contributed by atoms with Crippen LogP contribution in [0.15, 0.2) is 18.2 Å². The Kier molecular flexibility index (Phi) is 4.17. The number of hydrogen-bond acceptors (Lipinski definition) is 2. The molecule has 2 heterocycles. The lowest BCUT2D eigenvalue weighted by Gasteiger charge is -2.22. The van der Waals surface area contributed by atoms with Crippen molar-refractivity contribution in [3.8, 4) is 0 Å². The van der Waals surface area contributed by atoms with Crippen molar-refractivity contribution in [2.45, 2.75) is 19.8 Å². The molecule has 1 fully saturated rings. The Labute approximate surface area is 128 Å². The number of carbonyl (C=O) groups excluding carboxylic acids is 1. The van der Waals surface area contributed by atoms with Crippen LogP contribution in [-0.2, 0) is 4.74 Å². The second kappa shape index (κ2) is 6.08. The van der Waals surface area contributed by atoms with Gasteiger partial charge in [-0.1, -0.05) is 23.7 Å². The van der Waals surface area contributed by atoms with Crippen LogP contribution in [0.5, 0.6) is 0 Å². The molecule has 1 amide bonds. The van der Waals surface area contributed by atoms with Crippen LogP contribution in [0, 0.1) is 12.8 Å². The topological polar surface area (TPSA) is 54.1 Å². The number of aromatic amines is 1. The number of hydrogen-bond donors (Lipinski definition) is 2. The van der Waals surface area contributed by atoms with Crippen molar-refractivity contribution in [3.05, 3.63) is 34.5 Å². The third kappa shape index (κ3) is 2.92. The van der Waals surface area contributed by atoms with Crippen molar-refractivity contribution < 1.29 is 9.53 Å². The highest BCUT2D eigenvalue weighted by atomic mass is 35.5. The number of fused-ring (bicyclic) bond motifs is 1. The third-order valence-corrected chi connectivity index (χ3v) is 4.39. The van der Waals surface area contributed by atoms with Gasteiger partial charge in [0, 0.05) is 18.5 Å².